The summed E-state index contributed by atoms with van der Waals surface area (Å²) in [5.41, 5.74) is 4.09. The van der Waals surface area contributed by atoms with Crippen LogP contribution in [0.2, 0.25) is 0 Å². The summed E-state index contributed by atoms with van der Waals surface area (Å²) in [5, 5.41) is 11.5. The van der Waals surface area contributed by atoms with Gasteiger partial charge in [0.15, 0.2) is 5.82 Å². The summed E-state index contributed by atoms with van der Waals surface area (Å²) in [6.45, 7) is 3.03. The van der Waals surface area contributed by atoms with Gasteiger partial charge in [0, 0.05) is 18.2 Å². The van der Waals surface area contributed by atoms with Crippen molar-refractivity contribution in [2.24, 2.45) is 0 Å². The number of hydrogen-bond donors (Lipinski definition) is 2. The van der Waals surface area contributed by atoms with Gasteiger partial charge in [-0.3, -0.25) is 4.79 Å². The fourth-order valence-corrected chi connectivity index (χ4v) is 4.30. The molecule has 0 bridgehead atoms. The van der Waals surface area contributed by atoms with E-state index in [1.165, 1.54) is 12.8 Å². The highest BCUT2D eigenvalue weighted by Crippen LogP contribution is 2.39. The number of carbonyl (C=O) groups is 1. The van der Waals surface area contributed by atoms with E-state index in [1.54, 1.807) is 4.90 Å². The molecular weight excluding hydrogens is 366 g/mol. The van der Waals surface area contributed by atoms with Gasteiger partial charge in [-0.2, -0.15) is 5.10 Å². The smallest absolute Gasteiger partial charge is 0.214 e. The maximum Gasteiger partial charge on any atom is 0.214 e. The summed E-state index contributed by atoms with van der Waals surface area (Å²) in [6, 6.07) is 6.30. The number of dihydropyridines is 1. The van der Waals surface area contributed by atoms with Gasteiger partial charge in [-0.1, -0.05) is 6.08 Å². The van der Waals surface area contributed by atoms with E-state index in [-0.39, 0.29) is 6.17 Å². The quantitative estimate of drug-likeness (QED) is 0.781. The maximum atomic E-state index is 11.9. The van der Waals surface area contributed by atoms with Crippen LogP contribution in [-0.4, -0.2) is 40.4 Å². The fourth-order valence-electron chi connectivity index (χ4n) is 4.30. The van der Waals surface area contributed by atoms with Crippen molar-refractivity contribution >= 4 is 23.5 Å². The topological polar surface area (TPSA) is 78.3 Å². The average molecular weight is 389 g/mol. The van der Waals surface area contributed by atoms with Gasteiger partial charge >= 0.3 is 0 Å². The Labute approximate surface area is 168 Å². The first-order valence-corrected chi connectivity index (χ1v) is 10.2. The highest BCUT2D eigenvalue weighted by Gasteiger charge is 2.31. The largest absolute Gasteiger partial charge is 0.368 e. The van der Waals surface area contributed by atoms with E-state index in [0.717, 1.165) is 60.3 Å². The normalized spacial score (nSPS) is 22.5. The average Bonchev–Trinajstić information content (AvgIpc) is 3.54. The number of amides is 1. The molecule has 1 aromatic heterocycles. The number of nitrogens with one attached hydrogen (secondary N) is 2. The second-order valence-corrected chi connectivity index (χ2v) is 8.08. The van der Waals surface area contributed by atoms with Gasteiger partial charge < -0.3 is 20.4 Å². The van der Waals surface area contributed by atoms with Gasteiger partial charge in [0.1, 0.15) is 12.0 Å². The lowest BCUT2D eigenvalue weighted by Gasteiger charge is -2.30. The van der Waals surface area contributed by atoms with Crippen LogP contribution in [0.25, 0.3) is 0 Å². The molecule has 8 nitrogen and oxygen atoms in total. The van der Waals surface area contributed by atoms with Crippen LogP contribution in [0.4, 0.5) is 17.1 Å². The molecular formula is C21H23N7O. The van der Waals surface area contributed by atoms with Gasteiger partial charge in [-0.15, -0.1) is 0 Å². The molecule has 2 aromatic rings. The lowest BCUT2D eigenvalue weighted by molar-refractivity contribution is -0.107. The van der Waals surface area contributed by atoms with Gasteiger partial charge in [-0.05, 0) is 48.9 Å². The summed E-state index contributed by atoms with van der Waals surface area (Å²) < 4.78 is 2.06. The van der Waals surface area contributed by atoms with Crippen molar-refractivity contribution in [3.05, 3.63) is 53.8 Å². The molecule has 0 radical (unpaired) electrons. The van der Waals surface area contributed by atoms with Crippen molar-refractivity contribution in [2.75, 3.05) is 28.2 Å². The molecule has 2 N–H and O–H groups in total. The van der Waals surface area contributed by atoms with E-state index in [2.05, 4.69) is 49.6 Å². The first kappa shape index (κ1) is 16.6. The minimum Gasteiger partial charge on any atom is -0.368 e. The number of anilines is 3. The maximum absolute atomic E-state index is 11.9. The highest BCUT2D eigenvalue weighted by atomic mass is 16.1. The molecule has 148 valence electrons. The molecule has 4 aliphatic rings. The zero-order chi connectivity index (χ0) is 19.4. The number of hydrogen-bond acceptors (Lipinski definition) is 6. The number of rotatable bonds is 3. The monoisotopic (exact) mass is 389 g/mol. The minimum absolute atomic E-state index is 0.00364. The molecule has 1 amide bonds. The first-order valence-electron chi connectivity index (χ1n) is 10.2. The van der Waals surface area contributed by atoms with Crippen LogP contribution in [0.1, 0.15) is 30.4 Å². The molecule has 1 aromatic carbocycles. The Morgan fingerprint density at radius 3 is 2.97 bits per heavy atom. The minimum atomic E-state index is 0.00364. The van der Waals surface area contributed by atoms with Crippen molar-refractivity contribution in [3.63, 3.8) is 0 Å². The van der Waals surface area contributed by atoms with Gasteiger partial charge in [0.2, 0.25) is 6.41 Å². The van der Waals surface area contributed by atoms with E-state index in [4.69, 9.17) is 4.98 Å². The van der Waals surface area contributed by atoms with E-state index < -0.39 is 0 Å². The molecule has 29 heavy (non-hydrogen) atoms. The number of carbonyl (C=O) groups excluding carboxylic acids is 1. The molecule has 1 unspecified atom stereocenters. The second-order valence-electron chi connectivity index (χ2n) is 8.08. The zero-order valence-corrected chi connectivity index (χ0v) is 16.1. The Bertz CT molecular complexity index is 1040. The summed E-state index contributed by atoms with van der Waals surface area (Å²) in [7, 11) is 0. The highest BCUT2D eigenvalue weighted by molar-refractivity contribution is 5.87. The van der Waals surface area contributed by atoms with Gasteiger partial charge in [0.25, 0.3) is 0 Å². The molecule has 3 aliphatic heterocycles. The molecule has 1 fully saturated rings. The molecule has 6 rings (SSSR count). The van der Waals surface area contributed by atoms with Crippen molar-refractivity contribution < 1.29 is 4.79 Å². The van der Waals surface area contributed by atoms with Crippen molar-refractivity contribution in [1.82, 2.24) is 20.1 Å². The number of benzene rings is 1. The van der Waals surface area contributed by atoms with Crippen LogP contribution in [0.3, 0.4) is 0 Å². The molecule has 1 aliphatic carbocycles. The molecule has 4 heterocycles. The predicted molar refractivity (Wildman–Crippen MR) is 111 cm³/mol. The van der Waals surface area contributed by atoms with Crippen molar-refractivity contribution in [2.45, 2.75) is 38.0 Å². The summed E-state index contributed by atoms with van der Waals surface area (Å²) >= 11 is 0. The lowest BCUT2D eigenvalue weighted by Crippen LogP contribution is -2.37. The van der Waals surface area contributed by atoms with Gasteiger partial charge in [0.05, 0.1) is 31.0 Å². The van der Waals surface area contributed by atoms with Gasteiger partial charge in [-0.25, -0.2) is 9.67 Å². The predicted octanol–water partition coefficient (Wildman–Crippen LogP) is 1.93. The van der Waals surface area contributed by atoms with Crippen LogP contribution in [0.15, 0.2) is 42.1 Å². The summed E-state index contributed by atoms with van der Waals surface area (Å²) in [4.78, 5) is 20.7. The van der Waals surface area contributed by atoms with Crippen LogP contribution in [0.5, 0.6) is 0 Å². The number of allylic oxidation sites excluding steroid dienone is 2. The summed E-state index contributed by atoms with van der Waals surface area (Å²) in [5.74, 6) is 2.62. The van der Waals surface area contributed by atoms with E-state index >= 15 is 0 Å². The second kappa shape index (κ2) is 6.37. The number of nitrogens with zero attached hydrogens (tertiary/aromatic N) is 5. The number of fused-ring (bicyclic) bond motifs is 3. The van der Waals surface area contributed by atoms with E-state index in [9.17, 15) is 4.79 Å². The molecule has 8 heteroatoms. The molecule has 0 saturated heterocycles. The molecule has 0 spiro atoms. The Kier molecular flexibility index (Phi) is 3.65. The zero-order valence-electron chi connectivity index (χ0n) is 16.1. The van der Waals surface area contributed by atoms with Crippen LogP contribution < -0.4 is 20.4 Å². The fraction of sp³-hybridized carbons (Fsp3) is 0.381. The first-order chi connectivity index (χ1) is 14.3. The third-order valence-electron chi connectivity index (χ3n) is 6.10. The third-order valence-corrected chi connectivity index (χ3v) is 6.10. The Hall–Kier alpha value is -3.29. The lowest BCUT2D eigenvalue weighted by atomic mass is 10.1. The third kappa shape index (κ3) is 2.86. The van der Waals surface area contributed by atoms with Crippen LogP contribution in [-0.2, 0) is 17.9 Å². The van der Waals surface area contributed by atoms with Crippen LogP contribution >= 0.6 is 0 Å². The molecule has 1 atom stereocenters. The standard InChI is InChI=1S/C21H23N7O/c29-13-27-11-15-2-1-7-22-20(15)23-17-6-5-16(10-18(17)27)26-8-9-28-19(12-26)24-21(25-28)14-3-4-14/h1-2,5-7,10,13-14,20,22-23H,3-4,8-9,11-12H2. The Morgan fingerprint density at radius 2 is 2.10 bits per heavy atom. The summed E-state index contributed by atoms with van der Waals surface area (Å²) in [6.07, 6.45) is 9.31. The number of aromatic nitrogens is 3. The Balaban J connectivity index is 1.30. The van der Waals surface area contributed by atoms with Crippen molar-refractivity contribution in [1.29, 1.82) is 0 Å². The van der Waals surface area contributed by atoms with Crippen LogP contribution in [0, 0.1) is 0 Å². The molecule has 1 saturated carbocycles. The SMILES string of the molecule is O=CN1CC2=CC=CNC2Nc2ccc(N3CCn4nc(C5CC5)nc4C3)cc21. The van der Waals surface area contributed by atoms with E-state index in [1.807, 2.05) is 12.3 Å². The Morgan fingerprint density at radius 1 is 1.17 bits per heavy atom. The van der Waals surface area contributed by atoms with Crippen molar-refractivity contribution in [3.8, 4) is 0 Å². The van der Waals surface area contributed by atoms with E-state index in [0.29, 0.717) is 12.5 Å².